The number of hydrogen-bond donors (Lipinski definition) is 1. The van der Waals surface area contributed by atoms with Gasteiger partial charge in [0.25, 0.3) is 0 Å². The van der Waals surface area contributed by atoms with Crippen molar-refractivity contribution in [3.05, 3.63) is 0 Å². The van der Waals surface area contributed by atoms with Gasteiger partial charge in [0.2, 0.25) is 5.91 Å². The minimum Gasteiger partial charge on any atom is -0.396 e. The molecule has 0 radical (unpaired) electrons. The predicted molar refractivity (Wildman–Crippen MR) is 64.5 cm³/mol. The zero-order valence-corrected chi connectivity index (χ0v) is 10.3. The molecule has 0 aromatic carbocycles. The molecule has 17 heavy (non-hydrogen) atoms. The van der Waals surface area contributed by atoms with E-state index in [0.717, 1.165) is 38.9 Å². The lowest BCUT2D eigenvalue weighted by Crippen LogP contribution is -2.47. The van der Waals surface area contributed by atoms with E-state index in [1.807, 2.05) is 0 Å². The first-order valence-corrected chi connectivity index (χ1v) is 6.95. The van der Waals surface area contributed by atoms with Crippen molar-refractivity contribution >= 4 is 5.91 Å². The van der Waals surface area contributed by atoms with Gasteiger partial charge in [-0.15, -0.1) is 0 Å². The Kier molecular flexibility index (Phi) is 3.09. The third-order valence-corrected chi connectivity index (χ3v) is 4.45. The number of nitrogens with zero attached hydrogens (tertiary/aromatic N) is 2. The Morgan fingerprint density at radius 2 is 2.00 bits per heavy atom. The molecule has 3 fully saturated rings. The number of carbonyl (C=O) groups is 1. The molecule has 0 bridgehead atoms. The Morgan fingerprint density at radius 3 is 2.71 bits per heavy atom. The molecule has 0 aromatic rings. The van der Waals surface area contributed by atoms with Gasteiger partial charge in [0.15, 0.2) is 0 Å². The normalized spacial score (nSPS) is 35.6. The topological polar surface area (TPSA) is 43.8 Å². The van der Waals surface area contributed by atoms with Crippen LogP contribution in [0.25, 0.3) is 0 Å². The van der Waals surface area contributed by atoms with E-state index in [1.54, 1.807) is 0 Å². The van der Waals surface area contributed by atoms with Crippen LogP contribution in [0.1, 0.15) is 32.1 Å². The van der Waals surface area contributed by atoms with Gasteiger partial charge in [-0.05, 0) is 44.6 Å². The van der Waals surface area contributed by atoms with Gasteiger partial charge in [0.1, 0.15) is 0 Å². The van der Waals surface area contributed by atoms with Gasteiger partial charge < -0.3 is 10.0 Å². The summed E-state index contributed by atoms with van der Waals surface area (Å²) in [4.78, 5) is 16.7. The summed E-state index contributed by atoms with van der Waals surface area (Å²) in [7, 11) is 0. The quantitative estimate of drug-likeness (QED) is 0.776. The highest BCUT2D eigenvalue weighted by molar-refractivity contribution is 5.84. The first-order chi connectivity index (χ1) is 8.29. The molecular formula is C13H22N2O2. The first kappa shape index (κ1) is 11.5. The molecule has 3 rings (SSSR count). The number of aliphatic hydroxyl groups excluding tert-OH is 1. The molecule has 2 heterocycles. The van der Waals surface area contributed by atoms with E-state index in [0.29, 0.717) is 17.9 Å². The van der Waals surface area contributed by atoms with Gasteiger partial charge in [0.05, 0.1) is 6.04 Å². The Bertz CT molecular complexity index is 304. The fourth-order valence-corrected chi connectivity index (χ4v) is 3.30. The summed E-state index contributed by atoms with van der Waals surface area (Å²) in [5, 5.41) is 9.25. The van der Waals surface area contributed by atoms with E-state index >= 15 is 0 Å². The number of likely N-dealkylation sites (tertiary alicyclic amines) is 2. The van der Waals surface area contributed by atoms with E-state index in [4.69, 9.17) is 0 Å². The van der Waals surface area contributed by atoms with E-state index < -0.39 is 0 Å². The second-order valence-corrected chi connectivity index (χ2v) is 5.75. The van der Waals surface area contributed by atoms with Crippen LogP contribution in [0.4, 0.5) is 0 Å². The fraction of sp³-hybridized carbons (Fsp3) is 0.923. The molecule has 0 spiro atoms. The second kappa shape index (κ2) is 4.58. The molecule has 2 saturated heterocycles. The van der Waals surface area contributed by atoms with Crippen LogP contribution in [0.5, 0.6) is 0 Å². The highest BCUT2D eigenvalue weighted by Gasteiger charge is 2.43. The Balaban J connectivity index is 1.62. The van der Waals surface area contributed by atoms with Gasteiger partial charge in [-0.2, -0.15) is 0 Å². The average Bonchev–Trinajstić information content (AvgIpc) is 3.13. The summed E-state index contributed by atoms with van der Waals surface area (Å²) in [5.41, 5.74) is 0. The van der Waals surface area contributed by atoms with Crippen LogP contribution < -0.4 is 0 Å². The molecule has 4 heteroatoms. The van der Waals surface area contributed by atoms with Crippen LogP contribution >= 0.6 is 0 Å². The Morgan fingerprint density at radius 1 is 1.18 bits per heavy atom. The van der Waals surface area contributed by atoms with Gasteiger partial charge in [-0.25, -0.2) is 0 Å². The highest BCUT2D eigenvalue weighted by Crippen LogP contribution is 2.33. The molecule has 96 valence electrons. The van der Waals surface area contributed by atoms with Crippen LogP contribution in [-0.4, -0.2) is 59.1 Å². The van der Waals surface area contributed by atoms with Crippen molar-refractivity contribution in [2.24, 2.45) is 5.92 Å². The maximum atomic E-state index is 12.3. The molecule has 4 nitrogen and oxygen atoms in total. The Hall–Kier alpha value is -0.610. The minimum atomic E-state index is 0.116. The lowest BCUT2D eigenvalue weighted by Gasteiger charge is -2.35. The number of carbonyl (C=O) groups excluding carboxylic acids is 1. The van der Waals surface area contributed by atoms with Crippen molar-refractivity contribution in [1.29, 1.82) is 0 Å². The third kappa shape index (κ3) is 2.20. The zero-order chi connectivity index (χ0) is 11.8. The van der Waals surface area contributed by atoms with Gasteiger partial charge >= 0.3 is 0 Å². The van der Waals surface area contributed by atoms with Crippen LogP contribution in [0.15, 0.2) is 0 Å². The lowest BCUT2D eigenvalue weighted by molar-refractivity contribution is -0.133. The second-order valence-electron chi connectivity index (χ2n) is 5.75. The Labute approximate surface area is 103 Å². The van der Waals surface area contributed by atoms with Crippen molar-refractivity contribution in [2.75, 3.05) is 26.2 Å². The zero-order valence-electron chi connectivity index (χ0n) is 10.3. The molecule has 3 aliphatic rings. The first-order valence-electron chi connectivity index (χ1n) is 6.95. The smallest absolute Gasteiger partial charge is 0.240 e. The molecule has 0 aromatic heterocycles. The largest absolute Gasteiger partial charge is 0.396 e. The van der Waals surface area contributed by atoms with E-state index in [9.17, 15) is 9.90 Å². The van der Waals surface area contributed by atoms with Crippen molar-refractivity contribution in [3.63, 3.8) is 0 Å². The van der Waals surface area contributed by atoms with E-state index in [2.05, 4.69) is 9.80 Å². The molecule has 2 unspecified atom stereocenters. The molecule has 2 atom stereocenters. The fourth-order valence-electron chi connectivity index (χ4n) is 3.30. The minimum absolute atomic E-state index is 0.116. The van der Waals surface area contributed by atoms with E-state index in [1.165, 1.54) is 12.8 Å². The number of rotatable bonds is 3. The molecule has 1 amide bonds. The molecule has 1 N–H and O–H groups in total. The molecule has 1 saturated carbocycles. The summed E-state index contributed by atoms with van der Waals surface area (Å²) >= 11 is 0. The SMILES string of the molecule is O=C1C(N2CCCC(CO)C2)CCN1C1CC1. The lowest BCUT2D eigenvalue weighted by atomic mass is 9.97. The number of piperidine rings is 1. The van der Waals surface area contributed by atoms with Crippen LogP contribution in [0.3, 0.4) is 0 Å². The van der Waals surface area contributed by atoms with Crippen molar-refractivity contribution in [3.8, 4) is 0 Å². The van der Waals surface area contributed by atoms with Crippen molar-refractivity contribution in [1.82, 2.24) is 9.80 Å². The van der Waals surface area contributed by atoms with Crippen molar-refractivity contribution < 1.29 is 9.90 Å². The van der Waals surface area contributed by atoms with Gasteiger partial charge in [-0.3, -0.25) is 9.69 Å². The number of aliphatic hydroxyl groups is 1. The standard InChI is InChI=1S/C13H22N2O2/c16-9-10-2-1-6-14(8-10)12-5-7-15(13(12)17)11-3-4-11/h10-12,16H,1-9H2. The monoisotopic (exact) mass is 238 g/mol. The van der Waals surface area contributed by atoms with Crippen LogP contribution in [0.2, 0.25) is 0 Å². The summed E-state index contributed by atoms with van der Waals surface area (Å²) in [6.45, 7) is 3.16. The summed E-state index contributed by atoms with van der Waals surface area (Å²) in [5.74, 6) is 0.734. The maximum absolute atomic E-state index is 12.3. The highest BCUT2D eigenvalue weighted by atomic mass is 16.3. The predicted octanol–water partition coefficient (Wildman–Crippen LogP) is 0.454. The maximum Gasteiger partial charge on any atom is 0.240 e. The number of hydrogen-bond acceptors (Lipinski definition) is 3. The number of amides is 1. The molecule has 1 aliphatic carbocycles. The van der Waals surface area contributed by atoms with Gasteiger partial charge in [0, 0.05) is 25.7 Å². The average molecular weight is 238 g/mol. The van der Waals surface area contributed by atoms with Gasteiger partial charge in [-0.1, -0.05) is 0 Å². The van der Waals surface area contributed by atoms with Crippen LogP contribution in [-0.2, 0) is 4.79 Å². The summed E-state index contributed by atoms with van der Waals surface area (Å²) in [6, 6.07) is 0.677. The third-order valence-electron chi connectivity index (χ3n) is 4.45. The summed E-state index contributed by atoms with van der Waals surface area (Å²) in [6.07, 6.45) is 5.64. The molecule has 2 aliphatic heterocycles. The molecular weight excluding hydrogens is 216 g/mol. The summed E-state index contributed by atoms with van der Waals surface area (Å²) < 4.78 is 0. The van der Waals surface area contributed by atoms with Crippen LogP contribution in [0, 0.1) is 5.92 Å². The van der Waals surface area contributed by atoms with E-state index in [-0.39, 0.29) is 12.6 Å². The van der Waals surface area contributed by atoms with Crippen molar-refractivity contribution in [2.45, 2.75) is 44.2 Å².